The molecule has 0 heterocycles. The van der Waals surface area contributed by atoms with Gasteiger partial charge in [0.1, 0.15) is 6.04 Å². The van der Waals surface area contributed by atoms with Crippen molar-refractivity contribution in [1.82, 2.24) is 0 Å². The maximum atomic E-state index is 13.1. The van der Waals surface area contributed by atoms with Gasteiger partial charge in [0.25, 0.3) is 0 Å². The van der Waals surface area contributed by atoms with Crippen LogP contribution in [0, 0.1) is 0 Å². The molecule has 0 radical (unpaired) electrons. The van der Waals surface area contributed by atoms with Crippen LogP contribution in [0.5, 0.6) is 0 Å². The highest BCUT2D eigenvalue weighted by Gasteiger charge is 2.39. The highest BCUT2D eigenvalue weighted by Crippen LogP contribution is 2.37. The minimum atomic E-state index is -5.08. The molecule has 0 saturated carbocycles. The van der Waals surface area contributed by atoms with Crippen LogP contribution >= 0.6 is 0 Å². The molecule has 0 spiro atoms. The van der Waals surface area contributed by atoms with Crippen molar-refractivity contribution in [3.63, 3.8) is 0 Å². The van der Waals surface area contributed by atoms with E-state index in [1.54, 1.807) is 19.0 Å². The Hall–Kier alpha value is -3.82. The van der Waals surface area contributed by atoms with Gasteiger partial charge in [-0.25, -0.2) is 4.79 Å². The number of halogens is 9. The standard InChI is InChI=1S/C21H20F6N2O3.C2HF3O2/c1-29(2)17-5-4-11(6-12(17)9-16(28)19(31)32-3)18(30)13-7-14(20(22,23)24)10-15(8-13)21(25,26)27;3-2(4,5)1(6)7/h4-8,10,16H,9,28H2,1-3H3;(H,6,7). The van der Waals surface area contributed by atoms with Crippen LogP contribution in [0.2, 0.25) is 0 Å². The van der Waals surface area contributed by atoms with Crippen molar-refractivity contribution >= 4 is 23.4 Å². The normalized spacial score (nSPS) is 12.6. The van der Waals surface area contributed by atoms with Gasteiger partial charge in [0.2, 0.25) is 0 Å². The van der Waals surface area contributed by atoms with E-state index < -0.39 is 59.0 Å². The summed E-state index contributed by atoms with van der Waals surface area (Å²) >= 11 is 0. The van der Waals surface area contributed by atoms with Crippen LogP contribution in [0.3, 0.4) is 0 Å². The molecular weight excluding hydrogens is 555 g/mol. The molecule has 3 N–H and O–H groups in total. The fourth-order valence-corrected chi connectivity index (χ4v) is 3.05. The number of carboxylic acid groups (broad SMARTS) is 1. The predicted molar refractivity (Wildman–Crippen MR) is 118 cm³/mol. The van der Waals surface area contributed by atoms with Crippen molar-refractivity contribution in [1.29, 1.82) is 0 Å². The Morgan fingerprint density at radius 1 is 0.872 bits per heavy atom. The molecule has 0 bridgehead atoms. The molecule has 16 heteroatoms. The lowest BCUT2D eigenvalue weighted by Crippen LogP contribution is -2.34. The number of carboxylic acids is 1. The fourth-order valence-electron chi connectivity index (χ4n) is 3.05. The lowest BCUT2D eigenvalue weighted by Gasteiger charge is -2.20. The van der Waals surface area contributed by atoms with Crippen molar-refractivity contribution in [2.75, 3.05) is 26.1 Å². The first-order valence-corrected chi connectivity index (χ1v) is 10.4. The highest BCUT2D eigenvalue weighted by molar-refractivity contribution is 6.09. The molecule has 0 aliphatic rings. The zero-order valence-corrected chi connectivity index (χ0v) is 20.3. The molecule has 7 nitrogen and oxygen atoms in total. The van der Waals surface area contributed by atoms with E-state index in [4.69, 9.17) is 15.6 Å². The zero-order valence-electron chi connectivity index (χ0n) is 20.3. The number of nitrogens with two attached hydrogens (primary N) is 1. The highest BCUT2D eigenvalue weighted by atomic mass is 19.4. The number of ether oxygens (including phenoxy) is 1. The van der Waals surface area contributed by atoms with Crippen LogP contribution < -0.4 is 10.6 Å². The van der Waals surface area contributed by atoms with Gasteiger partial charge in [0.15, 0.2) is 5.78 Å². The molecule has 0 fully saturated rings. The van der Waals surface area contributed by atoms with Gasteiger partial charge in [-0.1, -0.05) is 0 Å². The zero-order chi connectivity index (χ0) is 30.5. The summed E-state index contributed by atoms with van der Waals surface area (Å²) in [6.07, 6.45) is -15.3. The number of hydrogen-bond donors (Lipinski definition) is 2. The fraction of sp³-hybridized carbons (Fsp3) is 0.348. The van der Waals surface area contributed by atoms with E-state index in [0.29, 0.717) is 23.4 Å². The number of aliphatic carboxylic acids is 1. The number of carbonyl (C=O) groups excluding carboxylic acids is 2. The summed E-state index contributed by atoms with van der Waals surface area (Å²) in [5.74, 6) is -4.52. The Balaban J connectivity index is 0.000000956. The van der Waals surface area contributed by atoms with Crippen molar-refractivity contribution in [2.45, 2.75) is 31.0 Å². The van der Waals surface area contributed by atoms with Gasteiger partial charge in [-0.15, -0.1) is 0 Å². The number of rotatable bonds is 6. The third kappa shape index (κ3) is 9.46. The second-order valence-electron chi connectivity index (χ2n) is 8.00. The summed E-state index contributed by atoms with van der Waals surface area (Å²) in [4.78, 5) is 35.1. The molecular formula is C23H21F9N2O5. The average molecular weight is 576 g/mol. The van der Waals surface area contributed by atoms with E-state index in [9.17, 15) is 49.1 Å². The molecule has 2 aromatic carbocycles. The van der Waals surface area contributed by atoms with E-state index >= 15 is 0 Å². The first-order chi connectivity index (χ1) is 17.6. The maximum absolute atomic E-state index is 13.1. The van der Waals surface area contributed by atoms with Gasteiger partial charge in [0, 0.05) is 37.3 Å². The second-order valence-corrected chi connectivity index (χ2v) is 8.00. The lowest BCUT2D eigenvalue weighted by atomic mass is 9.94. The molecule has 216 valence electrons. The van der Waals surface area contributed by atoms with Gasteiger partial charge in [-0.2, -0.15) is 39.5 Å². The topological polar surface area (TPSA) is 110 Å². The predicted octanol–water partition coefficient (Wildman–Crippen LogP) is 4.70. The van der Waals surface area contributed by atoms with Crippen LogP contribution in [-0.4, -0.2) is 56.3 Å². The molecule has 0 aromatic heterocycles. The number of alkyl halides is 9. The first-order valence-electron chi connectivity index (χ1n) is 10.4. The molecule has 0 amide bonds. The monoisotopic (exact) mass is 576 g/mol. The summed E-state index contributed by atoms with van der Waals surface area (Å²) < 4.78 is 115. The summed E-state index contributed by atoms with van der Waals surface area (Å²) in [5.41, 5.74) is 2.61. The third-order valence-electron chi connectivity index (χ3n) is 4.86. The minimum Gasteiger partial charge on any atom is -0.475 e. The van der Waals surface area contributed by atoms with Crippen LogP contribution in [0.15, 0.2) is 36.4 Å². The number of ketones is 1. The summed E-state index contributed by atoms with van der Waals surface area (Å²) in [6, 6.07) is 3.63. The van der Waals surface area contributed by atoms with Crippen molar-refractivity contribution < 1.29 is 63.7 Å². The number of carbonyl (C=O) groups is 3. The molecule has 0 aliphatic carbocycles. The number of nitrogens with zero attached hydrogens (tertiary/aromatic N) is 1. The maximum Gasteiger partial charge on any atom is 0.490 e. The third-order valence-corrected chi connectivity index (χ3v) is 4.86. The van der Waals surface area contributed by atoms with Crippen LogP contribution in [0.1, 0.15) is 32.6 Å². The number of anilines is 1. The Kier molecular flexibility index (Phi) is 10.5. The molecule has 1 unspecified atom stereocenters. The second kappa shape index (κ2) is 12.4. The Labute approximate surface area is 214 Å². The minimum absolute atomic E-state index is 0.0489. The molecule has 0 aliphatic heterocycles. The van der Waals surface area contributed by atoms with Gasteiger partial charge in [0.05, 0.1) is 18.2 Å². The average Bonchev–Trinajstić information content (AvgIpc) is 2.81. The van der Waals surface area contributed by atoms with Gasteiger partial charge in [-0.05, 0) is 42.0 Å². The van der Waals surface area contributed by atoms with E-state index in [1.165, 1.54) is 18.2 Å². The summed E-state index contributed by atoms with van der Waals surface area (Å²) in [7, 11) is 4.49. The van der Waals surface area contributed by atoms with Crippen molar-refractivity contribution in [2.24, 2.45) is 5.73 Å². The van der Waals surface area contributed by atoms with Gasteiger partial charge in [-0.3, -0.25) is 9.59 Å². The number of hydrogen-bond acceptors (Lipinski definition) is 6. The van der Waals surface area contributed by atoms with Crippen LogP contribution in [0.25, 0.3) is 0 Å². The molecule has 2 aromatic rings. The van der Waals surface area contributed by atoms with Gasteiger partial charge < -0.3 is 20.5 Å². The Bertz CT molecular complexity index is 1170. The quantitative estimate of drug-likeness (QED) is 0.292. The number of benzene rings is 2. The smallest absolute Gasteiger partial charge is 0.475 e. The Morgan fingerprint density at radius 3 is 1.69 bits per heavy atom. The summed E-state index contributed by atoms with van der Waals surface area (Å²) in [6.45, 7) is 0. The van der Waals surface area contributed by atoms with Crippen molar-refractivity contribution in [3.8, 4) is 0 Å². The SMILES string of the molecule is COC(=O)C(N)Cc1cc(C(=O)c2cc(C(F)(F)F)cc(C(F)(F)F)c2)ccc1N(C)C.O=C(O)C(F)(F)F. The van der Waals surface area contributed by atoms with Crippen LogP contribution in [-0.2, 0) is 33.1 Å². The summed E-state index contributed by atoms with van der Waals surface area (Å²) in [5, 5.41) is 7.12. The molecule has 1 atom stereocenters. The molecule has 39 heavy (non-hydrogen) atoms. The first kappa shape index (κ1) is 33.2. The molecule has 2 rings (SSSR count). The van der Waals surface area contributed by atoms with Crippen molar-refractivity contribution in [3.05, 3.63) is 64.2 Å². The van der Waals surface area contributed by atoms with E-state index in [-0.39, 0.29) is 18.1 Å². The Morgan fingerprint density at radius 2 is 1.33 bits per heavy atom. The lowest BCUT2D eigenvalue weighted by molar-refractivity contribution is -0.192. The number of methoxy groups -OCH3 is 1. The van der Waals surface area contributed by atoms with E-state index in [0.717, 1.165) is 7.11 Å². The van der Waals surface area contributed by atoms with E-state index in [1.807, 2.05) is 0 Å². The van der Waals surface area contributed by atoms with E-state index in [2.05, 4.69) is 4.74 Å². The van der Waals surface area contributed by atoms with Crippen LogP contribution in [0.4, 0.5) is 45.2 Å². The molecule has 0 saturated heterocycles. The largest absolute Gasteiger partial charge is 0.490 e. The number of esters is 1. The van der Waals surface area contributed by atoms with Gasteiger partial charge >= 0.3 is 30.5 Å².